The fourth-order valence-electron chi connectivity index (χ4n) is 1.56. The minimum Gasteiger partial charge on any atom is -0.350 e. The summed E-state index contributed by atoms with van der Waals surface area (Å²) in [7, 11) is 0. The van der Waals surface area contributed by atoms with Crippen molar-refractivity contribution in [1.29, 1.82) is 0 Å². The molecule has 0 radical (unpaired) electrons. The lowest BCUT2D eigenvalue weighted by Gasteiger charge is -2.06. The highest BCUT2D eigenvalue weighted by molar-refractivity contribution is 6.35. The molecule has 1 aromatic carbocycles. The molecule has 0 saturated carbocycles. The lowest BCUT2D eigenvalue weighted by atomic mass is 10.1. The van der Waals surface area contributed by atoms with Gasteiger partial charge in [0.05, 0.1) is 0 Å². The standard InChI is InChI=1S/C13H10Cl3N3O/c14-9-2-1-8(10(15)7-9)5-6-17-13(20)11-3-4-12(16)19-18-11/h1-4,7H,5-6H2,(H,17,20). The first-order chi connectivity index (χ1) is 9.56. The zero-order chi connectivity index (χ0) is 14.5. The highest BCUT2D eigenvalue weighted by Crippen LogP contribution is 2.21. The normalized spacial score (nSPS) is 10.3. The van der Waals surface area contributed by atoms with Gasteiger partial charge in [0, 0.05) is 16.6 Å². The number of halogens is 3. The van der Waals surface area contributed by atoms with Crippen LogP contribution in [0.1, 0.15) is 16.1 Å². The van der Waals surface area contributed by atoms with Gasteiger partial charge in [-0.1, -0.05) is 40.9 Å². The fourth-order valence-corrected chi connectivity index (χ4v) is 2.17. The van der Waals surface area contributed by atoms with Crippen molar-refractivity contribution in [3.8, 4) is 0 Å². The van der Waals surface area contributed by atoms with Crippen LogP contribution in [0.25, 0.3) is 0 Å². The van der Waals surface area contributed by atoms with Crippen LogP contribution in [0.4, 0.5) is 0 Å². The van der Waals surface area contributed by atoms with Gasteiger partial charge < -0.3 is 5.32 Å². The van der Waals surface area contributed by atoms with Gasteiger partial charge >= 0.3 is 0 Å². The van der Waals surface area contributed by atoms with E-state index in [0.29, 0.717) is 23.0 Å². The summed E-state index contributed by atoms with van der Waals surface area (Å²) in [5.74, 6) is -0.306. The van der Waals surface area contributed by atoms with Crippen LogP contribution in [0, 0.1) is 0 Å². The van der Waals surface area contributed by atoms with E-state index in [9.17, 15) is 4.79 Å². The van der Waals surface area contributed by atoms with Gasteiger partial charge in [-0.05, 0) is 36.2 Å². The van der Waals surface area contributed by atoms with Crippen LogP contribution in [-0.4, -0.2) is 22.6 Å². The van der Waals surface area contributed by atoms with Crippen molar-refractivity contribution in [2.75, 3.05) is 6.54 Å². The molecular formula is C13H10Cl3N3O. The van der Waals surface area contributed by atoms with E-state index in [1.54, 1.807) is 12.1 Å². The average molecular weight is 331 g/mol. The molecule has 1 heterocycles. The van der Waals surface area contributed by atoms with Crippen molar-refractivity contribution in [2.24, 2.45) is 0 Å². The van der Waals surface area contributed by atoms with E-state index in [2.05, 4.69) is 15.5 Å². The summed E-state index contributed by atoms with van der Waals surface area (Å²) in [4.78, 5) is 11.8. The Morgan fingerprint density at radius 3 is 2.55 bits per heavy atom. The second-order valence-corrected chi connectivity index (χ2v) is 5.21. The molecule has 0 aliphatic carbocycles. The smallest absolute Gasteiger partial charge is 0.271 e. The van der Waals surface area contributed by atoms with Crippen molar-refractivity contribution in [1.82, 2.24) is 15.5 Å². The summed E-state index contributed by atoms with van der Waals surface area (Å²) in [6, 6.07) is 8.29. The molecule has 0 spiro atoms. The number of nitrogens with one attached hydrogen (secondary N) is 1. The topological polar surface area (TPSA) is 54.9 Å². The Balaban J connectivity index is 1.89. The van der Waals surface area contributed by atoms with Crippen LogP contribution in [0.15, 0.2) is 30.3 Å². The third-order valence-electron chi connectivity index (χ3n) is 2.56. The molecule has 104 valence electrons. The highest BCUT2D eigenvalue weighted by atomic mass is 35.5. The molecule has 2 aromatic rings. The van der Waals surface area contributed by atoms with Gasteiger partial charge in [0.1, 0.15) is 0 Å². The zero-order valence-corrected chi connectivity index (χ0v) is 12.5. The van der Waals surface area contributed by atoms with E-state index >= 15 is 0 Å². The molecule has 7 heteroatoms. The number of hydrogen-bond acceptors (Lipinski definition) is 3. The first-order valence-electron chi connectivity index (χ1n) is 5.77. The molecule has 2 rings (SSSR count). The minimum atomic E-state index is -0.306. The molecule has 0 fully saturated rings. The molecule has 0 aliphatic rings. The molecule has 1 aromatic heterocycles. The number of benzene rings is 1. The molecule has 0 aliphatic heterocycles. The Kier molecular flexibility index (Phi) is 5.17. The lowest BCUT2D eigenvalue weighted by Crippen LogP contribution is -2.26. The van der Waals surface area contributed by atoms with E-state index in [1.165, 1.54) is 12.1 Å². The summed E-state index contributed by atoms with van der Waals surface area (Å²) < 4.78 is 0. The molecule has 0 atom stereocenters. The number of carbonyl (C=O) groups is 1. The second kappa shape index (κ2) is 6.88. The van der Waals surface area contributed by atoms with E-state index in [4.69, 9.17) is 34.8 Å². The minimum absolute atomic E-state index is 0.219. The third-order valence-corrected chi connectivity index (χ3v) is 3.35. The van der Waals surface area contributed by atoms with Gasteiger partial charge in [-0.3, -0.25) is 4.79 Å². The van der Waals surface area contributed by atoms with Crippen LogP contribution in [0.3, 0.4) is 0 Å². The Morgan fingerprint density at radius 1 is 1.10 bits per heavy atom. The van der Waals surface area contributed by atoms with Gasteiger partial charge in [-0.2, -0.15) is 0 Å². The molecule has 0 unspecified atom stereocenters. The van der Waals surface area contributed by atoms with Crippen molar-refractivity contribution < 1.29 is 4.79 Å². The van der Waals surface area contributed by atoms with Crippen LogP contribution in [-0.2, 0) is 6.42 Å². The molecule has 20 heavy (non-hydrogen) atoms. The number of hydrogen-bond donors (Lipinski definition) is 1. The summed E-state index contributed by atoms with van der Waals surface area (Å²) >= 11 is 17.5. The maximum atomic E-state index is 11.8. The van der Waals surface area contributed by atoms with Crippen LogP contribution in [0.2, 0.25) is 15.2 Å². The largest absolute Gasteiger partial charge is 0.350 e. The van der Waals surface area contributed by atoms with Crippen molar-refractivity contribution in [3.05, 3.63) is 56.8 Å². The predicted octanol–water partition coefficient (Wildman–Crippen LogP) is 3.41. The number of aromatic nitrogens is 2. The lowest BCUT2D eigenvalue weighted by molar-refractivity contribution is 0.0948. The zero-order valence-electron chi connectivity index (χ0n) is 10.2. The highest BCUT2D eigenvalue weighted by Gasteiger charge is 2.08. The maximum absolute atomic E-state index is 11.8. The van der Waals surface area contributed by atoms with Gasteiger partial charge in [-0.25, -0.2) is 0 Å². The summed E-state index contributed by atoms with van der Waals surface area (Å²) in [5, 5.41) is 11.4. The van der Waals surface area contributed by atoms with E-state index in [0.717, 1.165) is 5.56 Å². The monoisotopic (exact) mass is 329 g/mol. The quantitative estimate of drug-likeness (QED) is 0.934. The third kappa shape index (κ3) is 4.07. The number of nitrogens with zero attached hydrogens (tertiary/aromatic N) is 2. The molecule has 4 nitrogen and oxygen atoms in total. The Morgan fingerprint density at radius 2 is 1.90 bits per heavy atom. The fraction of sp³-hybridized carbons (Fsp3) is 0.154. The predicted molar refractivity (Wildman–Crippen MR) is 79.5 cm³/mol. The van der Waals surface area contributed by atoms with Gasteiger partial charge in [-0.15, -0.1) is 10.2 Å². The Bertz CT molecular complexity index is 617. The summed E-state index contributed by atoms with van der Waals surface area (Å²) in [6.45, 7) is 0.435. The van der Waals surface area contributed by atoms with Crippen LogP contribution >= 0.6 is 34.8 Å². The van der Waals surface area contributed by atoms with Crippen LogP contribution < -0.4 is 5.32 Å². The maximum Gasteiger partial charge on any atom is 0.271 e. The first-order valence-corrected chi connectivity index (χ1v) is 6.91. The van der Waals surface area contributed by atoms with E-state index < -0.39 is 0 Å². The van der Waals surface area contributed by atoms with Crippen molar-refractivity contribution >= 4 is 40.7 Å². The van der Waals surface area contributed by atoms with Gasteiger partial charge in [0.15, 0.2) is 10.8 Å². The number of amides is 1. The number of rotatable bonds is 4. The second-order valence-electron chi connectivity index (χ2n) is 3.98. The molecule has 0 saturated heterocycles. The van der Waals surface area contributed by atoms with E-state index in [-0.39, 0.29) is 16.8 Å². The van der Waals surface area contributed by atoms with Gasteiger partial charge in [0.25, 0.3) is 5.91 Å². The average Bonchev–Trinajstić information content (AvgIpc) is 2.42. The molecule has 0 bridgehead atoms. The first kappa shape index (κ1) is 15.0. The van der Waals surface area contributed by atoms with Crippen molar-refractivity contribution in [3.63, 3.8) is 0 Å². The summed E-state index contributed by atoms with van der Waals surface area (Å²) in [5.41, 5.74) is 1.13. The molecule has 1 N–H and O–H groups in total. The van der Waals surface area contributed by atoms with Crippen molar-refractivity contribution in [2.45, 2.75) is 6.42 Å². The van der Waals surface area contributed by atoms with E-state index in [1.807, 2.05) is 6.07 Å². The van der Waals surface area contributed by atoms with Gasteiger partial charge in [0.2, 0.25) is 0 Å². The Labute approximate surface area is 131 Å². The number of carbonyl (C=O) groups excluding carboxylic acids is 1. The molecular weight excluding hydrogens is 321 g/mol. The Hall–Kier alpha value is -1.36. The van der Waals surface area contributed by atoms with Crippen LogP contribution in [0.5, 0.6) is 0 Å². The summed E-state index contributed by atoms with van der Waals surface area (Å²) in [6.07, 6.45) is 0.600. The SMILES string of the molecule is O=C(NCCc1ccc(Cl)cc1Cl)c1ccc(Cl)nn1. The molecule has 1 amide bonds.